The van der Waals surface area contributed by atoms with Crippen molar-refractivity contribution in [3.05, 3.63) is 78.1 Å². The summed E-state index contributed by atoms with van der Waals surface area (Å²) in [7, 11) is -2.51. The lowest BCUT2D eigenvalue weighted by Gasteiger charge is -2.26. The van der Waals surface area contributed by atoms with E-state index in [0.29, 0.717) is 22.7 Å². The molecule has 0 spiro atoms. The lowest BCUT2D eigenvalue weighted by atomic mass is 10.2. The first-order valence-electron chi connectivity index (χ1n) is 9.25. The number of amides is 1. The molecule has 7 nitrogen and oxygen atoms in total. The van der Waals surface area contributed by atoms with E-state index in [-0.39, 0.29) is 4.90 Å². The van der Waals surface area contributed by atoms with E-state index in [1.807, 2.05) is 13.0 Å². The second kappa shape index (κ2) is 8.96. The molecule has 0 unspecified atom stereocenters. The van der Waals surface area contributed by atoms with Gasteiger partial charge in [-0.25, -0.2) is 8.42 Å². The Morgan fingerprint density at radius 1 is 1.10 bits per heavy atom. The van der Waals surface area contributed by atoms with Crippen LogP contribution in [0.15, 0.2) is 71.9 Å². The Bertz CT molecular complexity index is 1150. The molecule has 0 aliphatic heterocycles. The van der Waals surface area contributed by atoms with Crippen LogP contribution in [-0.2, 0) is 14.8 Å². The maximum Gasteiger partial charge on any atom is 0.264 e. The maximum absolute atomic E-state index is 13.5. The third-order valence-electron chi connectivity index (χ3n) is 4.50. The third-order valence-corrected chi connectivity index (χ3v) is 6.25. The maximum atomic E-state index is 13.5. The zero-order valence-electron chi connectivity index (χ0n) is 17.0. The molecule has 1 N–H and O–H groups in total. The van der Waals surface area contributed by atoms with E-state index in [1.54, 1.807) is 55.6 Å². The number of benzene rings is 2. The van der Waals surface area contributed by atoms with Crippen molar-refractivity contribution in [3.8, 4) is 5.75 Å². The summed E-state index contributed by atoms with van der Waals surface area (Å²) in [6, 6.07) is 15.1. The van der Waals surface area contributed by atoms with Crippen molar-refractivity contribution in [2.75, 3.05) is 23.3 Å². The number of ether oxygens (including phenoxy) is 1. The molecule has 8 heteroatoms. The van der Waals surface area contributed by atoms with Gasteiger partial charge in [0.25, 0.3) is 10.0 Å². The smallest absolute Gasteiger partial charge is 0.264 e. The van der Waals surface area contributed by atoms with Crippen LogP contribution in [0.1, 0.15) is 11.1 Å². The Kier molecular flexibility index (Phi) is 6.37. The molecule has 2 aromatic carbocycles. The SMILES string of the molecule is COc1ccc(C)c(N(CC(=O)Nc2cccnc2)S(=O)(=O)c2cccc(C)c2)c1. The van der Waals surface area contributed by atoms with Crippen molar-refractivity contribution >= 4 is 27.3 Å². The highest BCUT2D eigenvalue weighted by Crippen LogP contribution is 2.30. The Labute approximate surface area is 176 Å². The summed E-state index contributed by atoms with van der Waals surface area (Å²) in [6.07, 6.45) is 3.08. The van der Waals surface area contributed by atoms with Gasteiger partial charge in [-0.2, -0.15) is 0 Å². The molecule has 3 aromatic rings. The molecule has 156 valence electrons. The molecular weight excluding hydrogens is 402 g/mol. The van der Waals surface area contributed by atoms with Gasteiger partial charge >= 0.3 is 0 Å². The third kappa shape index (κ3) is 4.77. The Hall–Kier alpha value is -3.39. The fourth-order valence-corrected chi connectivity index (χ4v) is 4.54. The van der Waals surface area contributed by atoms with Crippen LogP contribution in [0.2, 0.25) is 0 Å². The van der Waals surface area contributed by atoms with E-state index in [9.17, 15) is 13.2 Å². The van der Waals surface area contributed by atoms with Crippen molar-refractivity contribution in [1.82, 2.24) is 4.98 Å². The molecular formula is C22H23N3O4S. The summed E-state index contributed by atoms with van der Waals surface area (Å²) in [5.41, 5.74) is 2.36. The Morgan fingerprint density at radius 3 is 2.57 bits per heavy atom. The minimum absolute atomic E-state index is 0.110. The number of carbonyl (C=O) groups excluding carboxylic acids is 1. The molecule has 0 aliphatic rings. The monoisotopic (exact) mass is 425 g/mol. The molecule has 3 rings (SSSR count). The second-order valence-electron chi connectivity index (χ2n) is 6.77. The fourth-order valence-electron chi connectivity index (χ4n) is 2.96. The lowest BCUT2D eigenvalue weighted by molar-refractivity contribution is -0.114. The van der Waals surface area contributed by atoms with E-state index in [1.165, 1.54) is 19.4 Å². The normalized spacial score (nSPS) is 11.0. The molecule has 1 amide bonds. The summed E-state index contributed by atoms with van der Waals surface area (Å²) in [5, 5.41) is 2.69. The first-order chi connectivity index (χ1) is 14.3. The van der Waals surface area contributed by atoms with Crippen LogP contribution in [0.5, 0.6) is 5.75 Å². The van der Waals surface area contributed by atoms with Gasteiger partial charge in [0.05, 0.1) is 29.6 Å². The van der Waals surface area contributed by atoms with Crippen molar-refractivity contribution in [2.24, 2.45) is 0 Å². The molecule has 0 aliphatic carbocycles. The number of aryl methyl sites for hydroxylation is 2. The number of aromatic nitrogens is 1. The number of sulfonamides is 1. The molecule has 0 radical (unpaired) electrons. The van der Waals surface area contributed by atoms with Gasteiger partial charge in [-0.05, 0) is 55.3 Å². The van der Waals surface area contributed by atoms with Gasteiger partial charge in [0.2, 0.25) is 5.91 Å². The molecule has 0 fully saturated rings. The van der Waals surface area contributed by atoms with Crippen LogP contribution in [-0.4, -0.2) is 33.0 Å². The van der Waals surface area contributed by atoms with Crippen LogP contribution in [0.4, 0.5) is 11.4 Å². The fraction of sp³-hybridized carbons (Fsp3) is 0.182. The average Bonchev–Trinajstić information content (AvgIpc) is 2.73. The van der Waals surface area contributed by atoms with Crippen molar-refractivity contribution in [1.29, 1.82) is 0 Å². The summed E-state index contributed by atoms with van der Waals surface area (Å²) < 4.78 is 33.4. The predicted molar refractivity (Wildman–Crippen MR) is 116 cm³/mol. The summed E-state index contributed by atoms with van der Waals surface area (Å²) in [6.45, 7) is 3.20. The van der Waals surface area contributed by atoms with Crippen LogP contribution >= 0.6 is 0 Å². The molecule has 0 atom stereocenters. The van der Waals surface area contributed by atoms with E-state index in [2.05, 4.69) is 10.3 Å². The largest absolute Gasteiger partial charge is 0.497 e. The van der Waals surface area contributed by atoms with Crippen LogP contribution < -0.4 is 14.4 Å². The minimum atomic E-state index is -4.01. The van der Waals surface area contributed by atoms with Crippen LogP contribution in [0, 0.1) is 13.8 Å². The van der Waals surface area contributed by atoms with Gasteiger partial charge in [0, 0.05) is 12.3 Å². The van der Waals surface area contributed by atoms with Crippen molar-refractivity contribution in [2.45, 2.75) is 18.7 Å². The van der Waals surface area contributed by atoms with Crippen molar-refractivity contribution in [3.63, 3.8) is 0 Å². The summed E-state index contributed by atoms with van der Waals surface area (Å²) in [4.78, 5) is 16.8. The van der Waals surface area contributed by atoms with E-state index in [0.717, 1.165) is 9.87 Å². The van der Waals surface area contributed by atoms with E-state index in [4.69, 9.17) is 4.74 Å². The van der Waals surface area contributed by atoms with Gasteiger partial charge in [0.15, 0.2) is 0 Å². The average molecular weight is 426 g/mol. The molecule has 1 heterocycles. The minimum Gasteiger partial charge on any atom is -0.497 e. The van der Waals surface area contributed by atoms with Gasteiger partial charge in [0.1, 0.15) is 12.3 Å². The Balaban J connectivity index is 2.04. The number of hydrogen-bond acceptors (Lipinski definition) is 5. The Morgan fingerprint density at radius 2 is 1.90 bits per heavy atom. The predicted octanol–water partition coefficient (Wildman–Crippen LogP) is 3.54. The van der Waals surface area contributed by atoms with Gasteiger partial charge < -0.3 is 10.1 Å². The zero-order chi connectivity index (χ0) is 21.7. The van der Waals surface area contributed by atoms with Crippen LogP contribution in [0.25, 0.3) is 0 Å². The molecule has 30 heavy (non-hydrogen) atoms. The molecule has 1 aromatic heterocycles. The van der Waals surface area contributed by atoms with E-state index >= 15 is 0 Å². The standard InChI is InChI=1S/C22H23N3O4S/c1-16-6-4-8-20(12-16)30(27,28)25(21-13-19(29-3)10-9-17(21)2)15-22(26)24-18-7-5-11-23-14-18/h4-14H,15H2,1-3H3,(H,24,26). The number of methoxy groups -OCH3 is 1. The van der Waals surface area contributed by atoms with Gasteiger partial charge in [-0.3, -0.25) is 14.1 Å². The number of anilines is 2. The number of nitrogens with zero attached hydrogens (tertiary/aromatic N) is 2. The molecule has 0 bridgehead atoms. The van der Waals surface area contributed by atoms with E-state index < -0.39 is 22.5 Å². The van der Waals surface area contributed by atoms with Crippen molar-refractivity contribution < 1.29 is 17.9 Å². The number of rotatable bonds is 7. The number of pyridine rings is 1. The zero-order valence-corrected chi connectivity index (χ0v) is 17.8. The quantitative estimate of drug-likeness (QED) is 0.625. The van der Waals surface area contributed by atoms with Crippen LogP contribution in [0.3, 0.4) is 0 Å². The topological polar surface area (TPSA) is 88.6 Å². The second-order valence-corrected chi connectivity index (χ2v) is 8.63. The summed E-state index contributed by atoms with van der Waals surface area (Å²) >= 11 is 0. The highest BCUT2D eigenvalue weighted by molar-refractivity contribution is 7.92. The highest BCUT2D eigenvalue weighted by atomic mass is 32.2. The highest BCUT2D eigenvalue weighted by Gasteiger charge is 2.29. The number of hydrogen-bond donors (Lipinski definition) is 1. The van der Waals surface area contributed by atoms with Gasteiger partial charge in [-0.15, -0.1) is 0 Å². The first-order valence-corrected chi connectivity index (χ1v) is 10.7. The number of nitrogens with one attached hydrogen (secondary N) is 1. The summed E-state index contributed by atoms with van der Waals surface area (Å²) in [5.74, 6) is 0.00848. The number of carbonyl (C=O) groups is 1. The lowest BCUT2D eigenvalue weighted by Crippen LogP contribution is -2.38. The van der Waals surface area contributed by atoms with Gasteiger partial charge in [-0.1, -0.05) is 18.2 Å². The molecule has 0 saturated heterocycles. The molecule has 0 saturated carbocycles. The first kappa shape index (κ1) is 21.3.